The van der Waals surface area contributed by atoms with E-state index in [0.717, 1.165) is 44.9 Å². The predicted molar refractivity (Wildman–Crippen MR) is 303 cm³/mol. The van der Waals surface area contributed by atoms with E-state index in [1.165, 1.54) is 231 Å². The zero-order valence-corrected chi connectivity index (χ0v) is 48.0. The number of rotatable bonds is 57. The molecule has 0 radical (unpaired) electrons. The number of carboxylic acid groups (broad SMARTS) is 1. The maximum atomic E-state index is 12.9. The number of nitrogens with zero attached hydrogens (tertiary/aromatic N) is 1. The van der Waals surface area contributed by atoms with Crippen LogP contribution >= 0.6 is 0 Å². The predicted octanol–water partition coefficient (Wildman–Crippen LogP) is 18.7. The van der Waals surface area contributed by atoms with Gasteiger partial charge in [-0.05, 0) is 44.9 Å². The van der Waals surface area contributed by atoms with Gasteiger partial charge in [-0.2, -0.15) is 0 Å². The Morgan fingerprint density at radius 2 is 0.746 bits per heavy atom. The van der Waals surface area contributed by atoms with Gasteiger partial charge in [-0.15, -0.1) is 0 Å². The molecule has 2 atom stereocenters. The molecule has 0 saturated carbocycles. The van der Waals surface area contributed by atoms with Crippen molar-refractivity contribution in [3.05, 3.63) is 24.3 Å². The van der Waals surface area contributed by atoms with Crippen LogP contribution in [-0.4, -0.2) is 80.6 Å². The maximum absolute atomic E-state index is 12.9. The van der Waals surface area contributed by atoms with E-state index in [-0.39, 0.29) is 36.2 Å². The van der Waals surface area contributed by atoms with Crippen molar-refractivity contribution >= 4 is 17.9 Å². The highest BCUT2D eigenvalue weighted by Gasteiger charge is 2.31. The summed E-state index contributed by atoms with van der Waals surface area (Å²) in [5.74, 6) is -1.44. The van der Waals surface area contributed by atoms with Gasteiger partial charge >= 0.3 is 17.9 Å². The highest BCUT2D eigenvalue weighted by atomic mass is 16.6. The summed E-state index contributed by atoms with van der Waals surface area (Å²) in [6.07, 6.45) is 65.4. The van der Waals surface area contributed by atoms with Crippen LogP contribution in [0.1, 0.15) is 309 Å². The van der Waals surface area contributed by atoms with E-state index >= 15 is 0 Å². The maximum Gasteiger partial charge on any atom is 0.362 e. The number of allylic oxidation sites excluding steroid dienone is 4. The lowest BCUT2D eigenvalue weighted by atomic mass is 10.0. The summed E-state index contributed by atoms with van der Waals surface area (Å²) in [6.45, 7) is 4.79. The van der Waals surface area contributed by atoms with Gasteiger partial charge in [-0.1, -0.05) is 269 Å². The summed E-state index contributed by atoms with van der Waals surface area (Å²) in [6, 6.07) is -0.614. The van der Waals surface area contributed by atoms with E-state index in [1.807, 2.05) is 21.1 Å². The molecule has 1 N–H and O–H groups in total. The summed E-state index contributed by atoms with van der Waals surface area (Å²) >= 11 is 0. The molecule has 0 aliphatic heterocycles. The average Bonchev–Trinajstić information content (AvgIpc) is 3.34. The first-order valence-electron chi connectivity index (χ1n) is 30.9. The number of quaternary nitrogens is 1. The Balaban J connectivity index is 4.09. The zero-order valence-electron chi connectivity index (χ0n) is 48.0. The van der Waals surface area contributed by atoms with Gasteiger partial charge in [0.2, 0.25) is 0 Å². The molecule has 8 heteroatoms. The van der Waals surface area contributed by atoms with Crippen LogP contribution < -0.4 is 0 Å². The van der Waals surface area contributed by atoms with Crippen LogP contribution in [0.25, 0.3) is 0 Å². The molecule has 0 bridgehead atoms. The summed E-state index contributed by atoms with van der Waals surface area (Å²) in [7, 11) is 5.56. The van der Waals surface area contributed by atoms with Crippen molar-refractivity contribution < 1.29 is 38.2 Å². The highest BCUT2D eigenvalue weighted by molar-refractivity contribution is 5.72. The summed E-state index contributed by atoms with van der Waals surface area (Å²) < 4.78 is 17.5. The van der Waals surface area contributed by atoms with E-state index in [9.17, 15) is 19.5 Å². The zero-order chi connectivity index (χ0) is 52.0. The number of carbonyl (C=O) groups is 3. The van der Waals surface area contributed by atoms with Gasteiger partial charge in [0.25, 0.3) is 0 Å². The van der Waals surface area contributed by atoms with Crippen LogP contribution in [0.5, 0.6) is 0 Å². The van der Waals surface area contributed by atoms with E-state index in [2.05, 4.69) is 38.2 Å². The standard InChI is InChI=1S/C63H119NO7/c1-6-8-10-12-14-16-18-20-22-24-26-28-30-32-33-35-37-39-41-43-45-47-49-51-53-61(65)70-58-59(57-69-56-55-60(63(67)68)64(3,4)5)71-62(66)54-52-50-48-46-44-42-40-38-36-34-31-29-27-25-23-21-19-17-15-13-11-9-7-2/h19,21,25,27,59-60H,6-18,20,22-24,26,28-58H2,1-5H3/p+1/b21-19-,27-25-. The molecular weight excluding hydrogens is 883 g/mol. The Morgan fingerprint density at radius 3 is 1.08 bits per heavy atom. The van der Waals surface area contributed by atoms with Gasteiger partial charge in [0, 0.05) is 19.3 Å². The first-order chi connectivity index (χ1) is 34.6. The van der Waals surface area contributed by atoms with Gasteiger partial charge in [-0.3, -0.25) is 9.59 Å². The summed E-state index contributed by atoms with van der Waals surface area (Å²) in [5.41, 5.74) is 0. The molecule has 0 aromatic rings. The van der Waals surface area contributed by atoms with Crippen LogP contribution in [0.15, 0.2) is 24.3 Å². The van der Waals surface area contributed by atoms with Crippen molar-refractivity contribution in [2.45, 2.75) is 321 Å². The minimum Gasteiger partial charge on any atom is -0.477 e. The second kappa shape index (κ2) is 54.1. The number of hydrogen-bond acceptors (Lipinski definition) is 6. The first kappa shape index (κ1) is 68.8. The van der Waals surface area contributed by atoms with Crippen LogP contribution in [0.4, 0.5) is 0 Å². The van der Waals surface area contributed by atoms with Gasteiger partial charge in [0.15, 0.2) is 12.1 Å². The number of likely N-dealkylation sites (N-methyl/N-ethyl adjacent to an activating group) is 1. The molecule has 0 amide bonds. The quantitative estimate of drug-likeness (QED) is 0.0280. The minimum absolute atomic E-state index is 0.0457. The fourth-order valence-electron chi connectivity index (χ4n) is 9.60. The molecule has 2 unspecified atom stereocenters. The van der Waals surface area contributed by atoms with E-state index in [0.29, 0.717) is 19.3 Å². The molecular formula is C63H120NO7+. The number of aliphatic carboxylic acids is 1. The lowest BCUT2D eigenvalue weighted by Crippen LogP contribution is -2.50. The fourth-order valence-corrected chi connectivity index (χ4v) is 9.60. The number of ether oxygens (including phenoxy) is 3. The number of carboxylic acids is 1. The summed E-state index contributed by atoms with van der Waals surface area (Å²) in [4.78, 5) is 37.4. The lowest BCUT2D eigenvalue weighted by molar-refractivity contribution is -0.887. The van der Waals surface area contributed by atoms with E-state index in [4.69, 9.17) is 14.2 Å². The number of unbranched alkanes of at least 4 members (excludes halogenated alkanes) is 39. The number of carbonyl (C=O) groups excluding carboxylic acids is 2. The second-order valence-electron chi connectivity index (χ2n) is 22.3. The number of hydrogen-bond donors (Lipinski definition) is 1. The molecule has 418 valence electrons. The highest BCUT2D eigenvalue weighted by Crippen LogP contribution is 2.18. The third kappa shape index (κ3) is 52.5. The molecule has 0 spiro atoms. The molecule has 0 saturated heterocycles. The smallest absolute Gasteiger partial charge is 0.362 e. The van der Waals surface area contributed by atoms with Crippen molar-refractivity contribution in [2.75, 3.05) is 41.0 Å². The molecule has 0 aromatic heterocycles. The van der Waals surface area contributed by atoms with Gasteiger partial charge < -0.3 is 23.8 Å². The van der Waals surface area contributed by atoms with Gasteiger partial charge in [-0.25, -0.2) is 4.79 Å². The van der Waals surface area contributed by atoms with Crippen LogP contribution in [0.2, 0.25) is 0 Å². The second-order valence-corrected chi connectivity index (χ2v) is 22.3. The van der Waals surface area contributed by atoms with Crippen LogP contribution in [0, 0.1) is 0 Å². The Hall–Kier alpha value is -2.19. The Bertz CT molecular complexity index is 1210. The van der Waals surface area contributed by atoms with Crippen molar-refractivity contribution in [3.8, 4) is 0 Å². The van der Waals surface area contributed by atoms with Gasteiger partial charge in [0.05, 0.1) is 34.4 Å². The fraction of sp³-hybridized carbons (Fsp3) is 0.889. The molecule has 8 nitrogen and oxygen atoms in total. The molecule has 0 rings (SSSR count). The molecule has 0 aromatic carbocycles. The third-order valence-electron chi connectivity index (χ3n) is 14.4. The van der Waals surface area contributed by atoms with Gasteiger partial charge in [0.1, 0.15) is 6.61 Å². The lowest BCUT2D eigenvalue weighted by Gasteiger charge is -2.31. The van der Waals surface area contributed by atoms with Crippen molar-refractivity contribution in [1.82, 2.24) is 0 Å². The average molecular weight is 1000 g/mol. The van der Waals surface area contributed by atoms with E-state index in [1.54, 1.807) is 0 Å². The minimum atomic E-state index is -0.870. The molecule has 0 heterocycles. The van der Waals surface area contributed by atoms with Crippen molar-refractivity contribution in [2.24, 2.45) is 0 Å². The topological polar surface area (TPSA) is 99.1 Å². The molecule has 0 aliphatic rings. The Labute approximate surface area is 441 Å². The monoisotopic (exact) mass is 1000 g/mol. The normalized spacial score (nSPS) is 12.9. The molecule has 0 fully saturated rings. The molecule has 71 heavy (non-hydrogen) atoms. The van der Waals surface area contributed by atoms with Crippen LogP contribution in [0.3, 0.4) is 0 Å². The Kier molecular flexibility index (Phi) is 52.4. The van der Waals surface area contributed by atoms with E-state index < -0.39 is 18.1 Å². The first-order valence-corrected chi connectivity index (χ1v) is 30.9. The van der Waals surface area contributed by atoms with Crippen LogP contribution in [-0.2, 0) is 28.6 Å². The SMILES string of the molecule is CCCCCCC/C=C\C/C=C\CCCCCCCCCCCCCC(=O)OC(COCCC(C(=O)O)[N+](C)(C)C)COC(=O)CCCCCCCCCCCCCCCCCCCCCCCCCC. The third-order valence-corrected chi connectivity index (χ3v) is 14.4. The summed E-state index contributed by atoms with van der Waals surface area (Å²) in [5, 5.41) is 9.69. The largest absolute Gasteiger partial charge is 0.477 e. The Morgan fingerprint density at radius 1 is 0.423 bits per heavy atom. The number of esters is 2. The molecule has 0 aliphatic carbocycles. The van der Waals surface area contributed by atoms with Crippen molar-refractivity contribution in [1.29, 1.82) is 0 Å². The van der Waals surface area contributed by atoms with Crippen molar-refractivity contribution in [3.63, 3.8) is 0 Å².